The van der Waals surface area contributed by atoms with Crippen molar-refractivity contribution in [2.45, 2.75) is 352 Å². The summed E-state index contributed by atoms with van der Waals surface area (Å²) in [5, 5.41) is 54.7. The van der Waals surface area contributed by atoms with Gasteiger partial charge in [0.05, 0.1) is 25.4 Å². The Kier molecular flexibility index (Phi) is 46.8. The van der Waals surface area contributed by atoms with Crippen molar-refractivity contribution in [3.63, 3.8) is 0 Å². The van der Waals surface area contributed by atoms with Crippen LogP contribution in [0.15, 0.2) is 0 Å². The van der Waals surface area contributed by atoms with Gasteiger partial charge in [-0.3, -0.25) is 4.79 Å². The van der Waals surface area contributed by atoms with Crippen molar-refractivity contribution >= 4 is 5.91 Å². The summed E-state index contributed by atoms with van der Waals surface area (Å²) in [5.41, 5.74) is 0. The second kappa shape index (κ2) is 48.8. The van der Waals surface area contributed by atoms with E-state index in [1.807, 2.05) is 0 Å². The number of rotatable bonds is 52. The standard InChI is InChI=1S/C58H115NO8/c1-3-5-7-9-11-13-15-17-19-21-22-23-24-25-26-27-28-29-30-32-34-36-38-40-42-44-46-48-54(62)59-51(50-66-58-57(65)56(64)55(63)53(49-60)67-58)52(61)47-45-43-41-39-37-35-33-31-20-18-16-14-12-10-8-6-4-2/h51-53,55-58,60-61,63-65H,3-50H2,1-2H3,(H,59,62). The average Bonchev–Trinajstić information content (AvgIpc) is 3.33. The Morgan fingerprint density at radius 2 is 0.746 bits per heavy atom. The largest absolute Gasteiger partial charge is 0.394 e. The second-order valence-corrected chi connectivity index (χ2v) is 21.2. The Morgan fingerprint density at radius 3 is 1.06 bits per heavy atom. The molecule has 0 saturated carbocycles. The zero-order valence-electron chi connectivity index (χ0n) is 44.4. The first kappa shape index (κ1) is 64.2. The van der Waals surface area contributed by atoms with Crippen LogP contribution in [0.5, 0.6) is 0 Å². The number of aliphatic hydroxyl groups is 5. The number of hydrogen-bond donors (Lipinski definition) is 6. The Balaban J connectivity index is 2.15. The van der Waals surface area contributed by atoms with E-state index in [4.69, 9.17) is 9.47 Å². The highest BCUT2D eigenvalue weighted by molar-refractivity contribution is 5.76. The summed E-state index contributed by atoms with van der Waals surface area (Å²) < 4.78 is 11.3. The molecule has 1 rings (SSSR count). The number of nitrogens with one attached hydrogen (secondary N) is 1. The number of aliphatic hydroxyl groups excluding tert-OH is 5. The Labute approximate surface area is 414 Å². The highest BCUT2D eigenvalue weighted by Crippen LogP contribution is 2.23. The highest BCUT2D eigenvalue weighted by Gasteiger charge is 2.44. The van der Waals surface area contributed by atoms with Crippen LogP contribution < -0.4 is 5.32 Å². The van der Waals surface area contributed by atoms with Gasteiger partial charge in [0.15, 0.2) is 6.29 Å². The molecule has 6 N–H and O–H groups in total. The minimum Gasteiger partial charge on any atom is -0.394 e. The van der Waals surface area contributed by atoms with Crippen LogP contribution in [0.4, 0.5) is 0 Å². The van der Waals surface area contributed by atoms with Gasteiger partial charge in [0, 0.05) is 6.42 Å². The third-order valence-corrected chi connectivity index (χ3v) is 14.7. The molecule has 1 saturated heterocycles. The van der Waals surface area contributed by atoms with Crippen LogP contribution in [0.1, 0.15) is 309 Å². The van der Waals surface area contributed by atoms with Gasteiger partial charge in [-0.25, -0.2) is 0 Å². The summed E-state index contributed by atoms with van der Waals surface area (Å²) in [5.74, 6) is -0.136. The lowest BCUT2D eigenvalue weighted by Crippen LogP contribution is -2.60. The van der Waals surface area contributed by atoms with Gasteiger partial charge < -0.3 is 40.3 Å². The molecule has 67 heavy (non-hydrogen) atoms. The van der Waals surface area contributed by atoms with Crippen molar-refractivity contribution in [3.05, 3.63) is 0 Å². The van der Waals surface area contributed by atoms with Crippen molar-refractivity contribution in [2.24, 2.45) is 0 Å². The molecule has 0 aliphatic carbocycles. The predicted octanol–water partition coefficient (Wildman–Crippen LogP) is 14.6. The molecule has 0 radical (unpaired) electrons. The lowest BCUT2D eigenvalue weighted by molar-refractivity contribution is -0.302. The Hall–Kier alpha value is -0.810. The minimum absolute atomic E-state index is 0.131. The maximum Gasteiger partial charge on any atom is 0.220 e. The van der Waals surface area contributed by atoms with Gasteiger partial charge in [-0.1, -0.05) is 290 Å². The van der Waals surface area contributed by atoms with Gasteiger partial charge in [0.25, 0.3) is 0 Å². The number of ether oxygens (including phenoxy) is 2. The van der Waals surface area contributed by atoms with Gasteiger partial charge in [0.2, 0.25) is 5.91 Å². The third-order valence-electron chi connectivity index (χ3n) is 14.7. The van der Waals surface area contributed by atoms with Crippen LogP contribution in [0.3, 0.4) is 0 Å². The summed E-state index contributed by atoms with van der Waals surface area (Å²) >= 11 is 0. The number of amides is 1. The van der Waals surface area contributed by atoms with Gasteiger partial charge >= 0.3 is 0 Å². The molecule has 1 aliphatic rings. The molecule has 1 heterocycles. The van der Waals surface area contributed by atoms with Crippen LogP contribution in [0, 0.1) is 0 Å². The molecule has 400 valence electrons. The summed E-state index contributed by atoms with van der Waals surface area (Å²) in [6.45, 7) is 3.89. The van der Waals surface area contributed by atoms with E-state index in [0.717, 1.165) is 38.5 Å². The van der Waals surface area contributed by atoms with E-state index in [0.29, 0.717) is 12.8 Å². The van der Waals surface area contributed by atoms with E-state index >= 15 is 0 Å². The first-order chi connectivity index (χ1) is 32.8. The fourth-order valence-corrected chi connectivity index (χ4v) is 9.99. The fourth-order valence-electron chi connectivity index (χ4n) is 9.99. The average molecular weight is 955 g/mol. The lowest BCUT2D eigenvalue weighted by Gasteiger charge is -2.40. The third kappa shape index (κ3) is 38.5. The monoisotopic (exact) mass is 954 g/mol. The first-order valence-electron chi connectivity index (χ1n) is 29.7. The van der Waals surface area contributed by atoms with Crippen molar-refractivity contribution in [1.29, 1.82) is 0 Å². The topological polar surface area (TPSA) is 149 Å². The van der Waals surface area contributed by atoms with E-state index in [2.05, 4.69) is 19.2 Å². The maximum absolute atomic E-state index is 13.1. The van der Waals surface area contributed by atoms with Gasteiger partial charge in [-0.2, -0.15) is 0 Å². The zero-order valence-corrected chi connectivity index (χ0v) is 44.4. The lowest BCUT2D eigenvalue weighted by atomic mass is 9.99. The molecule has 0 bridgehead atoms. The van der Waals surface area contributed by atoms with Crippen LogP contribution in [0.25, 0.3) is 0 Å². The number of carbonyl (C=O) groups is 1. The maximum atomic E-state index is 13.1. The molecule has 0 spiro atoms. The zero-order chi connectivity index (χ0) is 48.7. The van der Waals surface area contributed by atoms with E-state index < -0.39 is 49.5 Å². The van der Waals surface area contributed by atoms with Crippen molar-refractivity contribution < 1.29 is 39.8 Å². The quantitative estimate of drug-likeness (QED) is 0.0330. The van der Waals surface area contributed by atoms with Crippen molar-refractivity contribution in [2.75, 3.05) is 13.2 Å². The smallest absolute Gasteiger partial charge is 0.220 e. The van der Waals surface area contributed by atoms with Gasteiger partial charge in [-0.05, 0) is 12.8 Å². The van der Waals surface area contributed by atoms with Crippen molar-refractivity contribution in [1.82, 2.24) is 5.32 Å². The summed E-state index contributed by atoms with van der Waals surface area (Å²) in [7, 11) is 0. The molecule has 1 amide bonds. The molecular formula is C58H115NO8. The van der Waals surface area contributed by atoms with Gasteiger partial charge in [0.1, 0.15) is 24.4 Å². The molecule has 0 aromatic carbocycles. The molecule has 7 atom stereocenters. The molecule has 0 aromatic heterocycles. The second-order valence-electron chi connectivity index (χ2n) is 21.2. The molecule has 0 aromatic rings. The number of carbonyl (C=O) groups excluding carboxylic acids is 1. The first-order valence-corrected chi connectivity index (χ1v) is 29.7. The molecular weight excluding hydrogens is 839 g/mol. The van der Waals surface area contributed by atoms with Crippen molar-refractivity contribution in [3.8, 4) is 0 Å². The Bertz CT molecular complexity index is 1020. The highest BCUT2D eigenvalue weighted by atomic mass is 16.7. The molecule has 9 heteroatoms. The van der Waals surface area contributed by atoms with Crippen LogP contribution in [-0.4, -0.2) is 87.5 Å². The molecule has 7 unspecified atom stereocenters. The molecule has 1 fully saturated rings. The predicted molar refractivity (Wildman–Crippen MR) is 281 cm³/mol. The fraction of sp³-hybridized carbons (Fsp3) is 0.983. The van der Waals surface area contributed by atoms with E-state index in [-0.39, 0.29) is 12.5 Å². The number of unbranched alkanes of at least 4 members (excludes halogenated alkanes) is 42. The van der Waals surface area contributed by atoms with E-state index in [1.165, 1.54) is 244 Å². The summed E-state index contributed by atoms with van der Waals surface area (Å²) in [4.78, 5) is 13.1. The van der Waals surface area contributed by atoms with Gasteiger partial charge in [-0.15, -0.1) is 0 Å². The summed E-state index contributed by atoms with van der Waals surface area (Å²) in [6, 6.07) is -0.713. The van der Waals surface area contributed by atoms with Crippen LogP contribution in [-0.2, 0) is 14.3 Å². The van der Waals surface area contributed by atoms with E-state index in [9.17, 15) is 30.3 Å². The van der Waals surface area contributed by atoms with Crippen LogP contribution >= 0.6 is 0 Å². The minimum atomic E-state index is -1.55. The summed E-state index contributed by atoms with van der Waals surface area (Å²) in [6.07, 6.45) is 51.4. The molecule has 1 aliphatic heterocycles. The normalized spacial score (nSPS) is 19.5. The van der Waals surface area contributed by atoms with Crippen LogP contribution in [0.2, 0.25) is 0 Å². The SMILES string of the molecule is CCCCCCCCCCCCCCCCCCCCCCCCCCCCCC(=O)NC(COC1OC(CO)C(O)C(O)C1O)C(O)CCCCCCCCCCCCCCCCCCC. The molecule has 9 nitrogen and oxygen atoms in total. The Morgan fingerprint density at radius 1 is 0.448 bits per heavy atom. The van der Waals surface area contributed by atoms with E-state index in [1.54, 1.807) is 0 Å². The number of hydrogen-bond acceptors (Lipinski definition) is 8.